The van der Waals surface area contributed by atoms with E-state index >= 15 is 0 Å². The normalized spacial score (nSPS) is 20.3. The van der Waals surface area contributed by atoms with Gasteiger partial charge in [-0.3, -0.25) is 0 Å². The molecule has 7 heteroatoms. The minimum absolute atomic E-state index is 0.180. The van der Waals surface area contributed by atoms with Crippen molar-refractivity contribution in [2.24, 2.45) is 5.92 Å². The van der Waals surface area contributed by atoms with E-state index < -0.39 is 16.0 Å². The third kappa shape index (κ3) is 3.19. The van der Waals surface area contributed by atoms with Gasteiger partial charge >= 0.3 is 5.97 Å². The van der Waals surface area contributed by atoms with Crippen molar-refractivity contribution in [3.8, 4) is 0 Å². The Bertz CT molecular complexity index is 642. The Hall–Kier alpha value is -1.60. The molecule has 0 aromatic heterocycles. The number of hydrogen-bond acceptors (Lipinski definition) is 4. The molecule has 21 heavy (non-hydrogen) atoms. The number of nitrogens with zero attached hydrogens (tertiary/aromatic N) is 1. The molecule has 0 spiro atoms. The van der Waals surface area contributed by atoms with Crippen molar-refractivity contribution in [3.05, 3.63) is 23.8 Å². The summed E-state index contributed by atoms with van der Waals surface area (Å²) in [6.45, 7) is 2.91. The molecule has 0 bridgehead atoms. The smallest absolute Gasteiger partial charge is 0.337 e. The lowest BCUT2D eigenvalue weighted by molar-refractivity contribution is 0.0692. The molecule has 0 radical (unpaired) electrons. The number of sulfonamides is 1. The van der Waals surface area contributed by atoms with Crippen LogP contribution in [0, 0.1) is 5.92 Å². The number of anilines is 1. The Morgan fingerprint density at radius 1 is 1.48 bits per heavy atom. The number of rotatable bonds is 4. The van der Waals surface area contributed by atoms with Gasteiger partial charge in [0.1, 0.15) is 0 Å². The van der Waals surface area contributed by atoms with Crippen LogP contribution < -0.4 is 5.73 Å². The number of aromatic carboxylic acids is 1. The topological polar surface area (TPSA) is 101 Å². The third-order valence-corrected chi connectivity index (χ3v) is 5.83. The number of benzene rings is 1. The summed E-state index contributed by atoms with van der Waals surface area (Å²) in [5, 5.41) is 9.21. The molecule has 1 heterocycles. The maximum absolute atomic E-state index is 12.7. The lowest BCUT2D eigenvalue weighted by Crippen LogP contribution is -2.40. The van der Waals surface area contributed by atoms with Gasteiger partial charge in [0.2, 0.25) is 10.0 Å². The van der Waals surface area contributed by atoms with Crippen LogP contribution in [-0.2, 0) is 10.0 Å². The minimum atomic E-state index is -3.80. The van der Waals surface area contributed by atoms with Crippen LogP contribution in [0.4, 0.5) is 5.69 Å². The van der Waals surface area contributed by atoms with Crippen molar-refractivity contribution < 1.29 is 18.3 Å². The lowest BCUT2D eigenvalue weighted by Gasteiger charge is -2.31. The second kappa shape index (κ2) is 6.03. The van der Waals surface area contributed by atoms with Crippen molar-refractivity contribution >= 4 is 21.7 Å². The predicted molar refractivity (Wildman–Crippen MR) is 79.6 cm³/mol. The Morgan fingerprint density at radius 2 is 2.19 bits per heavy atom. The van der Waals surface area contributed by atoms with Gasteiger partial charge in [0.25, 0.3) is 0 Å². The Balaban J connectivity index is 2.42. The van der Waals surface area contributed by atoms with Crippen LogP contribution in [0.1, 0.15) is 36.5 Å². The summed E-state index contributed by atoms with van der Waals surface area (Å²) in [4.78, 5) is 11.1. The molecular weight excluding hydrogens is 292 g/mol. The van der Waals surface area contributed by atoms with Crippen molar-refractivity contribution in [3.63, 3.8) is 0 Å². The van der Waals surface area contributed by atoms with Crippen molar-refractivity contribution in [1.82, 2.24) is 4.31 Å². The summed E-state index contributed by atoms with van der Waals surface area (Å²) in [5.74, 6) is -0.958. The van der Waals surface area contributed by atoms with Crippen LogP contribution in [0.2, 0.25) is 0 Å². The Labute approximate surface area is 124 Å². The SMILES string of the molecule is CCC1CCCN(S(=O)(=O)c2ccc(N)cc2C(=O)O)C1. The van der Waals surface area contributed by atoms with Gasteiger partial charge in [-0.25, -0.2) is 13.2 Å². The van der Waals surface area contributed by atoms with Gasteiger partial charge in [-0.15, -0.1) is 0 Å². The standard InChI is InChI=1S/C14H20N2O4S/c1-2-10-4-3-7-16(9-10)21(19,20)13-6-5-11(15)8-12(13)14(17)18/h5-6,8,10H,2-4,7,9,15H2,1H3,(H,17,18). The average molecular weight is 312 g/mol. The summed E-state index contributed by atoms with van der Waals surface area (Å²) in [6, 6.07) is 3.89. The zero-order chi connectivity index (χ0) is 15.6. The highest BCUT2D eigenvalue weighted by Gasteiger charge is 2.32. The number of carboxylic acid groups (broad SMARTS) is 1. The van der Waals surface area contributed by atoms with Crippen molar-refractivity contribution in [2.45, 2.75) is 31.1 Å². The van der Waals surface area contributed by atoms with Crippen molar-refractivity contribution in [2.75, 3.05) is 18.8 Å². The zero-order valence-electron chi connectivity index (χ0n) is 11.9. The summed E-state index contributed by atoms with van der Waals surface area (Å²) >= 11 is 0. The molecular formula is C14H20N2O4S. The molecule has 0 saturated carbocycles. The fraction of sp³-hybridized carbons (Fsp3) is 0.500. The summed E-state index contributed by atoms with van der Waals surface area (Å²) < 4.78 is 26.8. The van der Waals surface area contributed by atoms with Crippen LogP contribution in [-0.4, -0.2) is 36.9 Å². The largest absolute Gasteiger partial charge is 0.478 e. The first kappa shape index (κ1) is 15.8. The van der Waals surface area contributed by atoms with E-state index in [2.05, 4.69) is 0 Å². The van der Waals surface area contributed by atoms with E-state index in [1.54, 1.807) is 0 Å². The quantitative estimate of drug-likeness (QED) is 0.825. The van der Waals surface area contributed by atoms with E-state index in [9.17, 15) is 18.3 Å². The molecule has 1 unspecified atom stereocenters. The van der Waals surface area contributed by atoms with Crippen LogP contribution in [0.5, 0.6) is 0 Å². The molecule has 2 rings (SSSR count). The van der Waals surface area contributed by atoms with Gasteiger partial charge in [0, 0.05) is 18.8 Å². The molecule has 1 aromatic carbocycles. The van der Waals surface area contributed by atoms with Gasteiger partial charge < -0.3 is 10.8 Å². The number of nitrogen functional groups attached to an aromatic ring is 1. The molecule has 1 aliphatic heterocycles. The van der Waals surface area contributed by atoms with Crippen molar-refractivity contribution in [1.29, 1.82) is 0 Å². The van der Waals surface area contributed by atoms with Gasteiger partial charge in [-0.05, 0) is 37.0 Å². The second-order valence-corrected chi connectivity index (χ2v) is 7.25. The lowest BCUT2D eigenvalue weighted by atomic mass is 9.97. The molecule has 3 N–H and O–H groups in total. The Kier molecular flexibility index (Phi) is 4.53. The highest BCUT2D eigenvalue weighted by molar-refractivity contribution is 7.89. The molecule has 1 aromatic rings. The Morgan fingerprint density at radius 3 is 2.81 bits per heavy atom. The zero-order valence-corrected chi connectivity index (χ0v) is 12.8. The molecule has 1 fully saturated rings. The predicted octanol–water partition coefficient (Wildman–Crippen LogP) is 1.78. The maximum Gasteiger partial charge on any atom is 0.337 e. The number of carboxylic acids is 1. The second-order valence-electron chi connectivity index (χ2n) is 5.34. The summed E-state index contributed by atoms with van der Waals surface area (Å²) in [7, 11) is -3.80. The number of piperidine rings is 1. The molecule has 1 atom stereocenters. The molecule has 1 aliphatic rings. The average Bonchev–Trinajstić information content (AvgIpc) is 2.46. The van der Waals surface area contributed by atoms with E-state index in [0.717, 1.165) is 19.3 Å². The summed E-state index contributed by atoms with van der Waals surface area (Å²) in [5.41, 5.74) is 5.52. The van der Waals surface area contributed by atoms with E-state index in [-0.39, 0.29) is 16.1 Å². The van der Waals surface area contributed by atoms with Crippen LogP contribution >= 0.6 is 0 Å². The fourth-order valence-corrected chi connectivity index (χ4v) is 4.38. The fourth-order valence-electron chi connectivity index (χ4n) is 2.66. The first-order chi connectivity index (χ1) is 9.86. The van der Waals surface area contributed by atoms with Gasteiger partial charge in [0.05, 0.1) is 10.5 Å². The first-order valence-corrected chi connectivity index (χ1v) is 8.43. The van der Waals surface area contributed by atoms with E-state index in [1.165, 1.54) is 22.5 Å². The monoisotopic (exact) mass is 312 g/mol. The molecule has 116 valence electrons. The van der Waals surface area contributed by atoms with Crippen LogP contribution in [0.25, 0.3) is 0 Å². The van der Waals surface area contributed by atoms with Gasteiger partial charge in [0.15, 0.2) is 0 Å². The van der Waals surface area contributed by atoms with Gasteiger partial charge in [-0.1, -0.05) is 13.3 Å². The van der Waals surface area contributed by atoms with Crippen LogP contribution in [0.3, 0.4) is 0 Å². The highest BCUT2D eigenvalue weighted by Crippen LogP contribution is 2.28. The highest BCUT2D eigenvalue weighted by atomic mass is 32.2. The van der Waals surface area contributed by atoms with E-state index in [0.29, 0.717) is 19.0 Å². The van der Waals surface area contributed by atoms with E-state index in [1.807, 2.05) is 6.92 Å². The number of nitrogens with two attached hydrogens (primary N) is 1. The summed E-state index contributed by atoms with van der Waals surface area (Å²) in [6.07, 6.45) is 2.73. The number of hydrogen-bond donors (Lipinski definition) is 2. The molecule has 0 amide bonds. The van der Waals surface area contributed by atoms with E-state index in [4.69, 9.17) is 5.73 Å². The third-order valence-electron chi connectivity index (χ3n) is 3.91. The van der Waals surface area contributed by atoms with Crippen LogP contribution in [0.15, 0.2) is 23.1 Å². The maximum atomic E-state index is 12.7. The van der Waals surface area contributed by atoms with Gasteiger partial charge in [-0.2, -0.15) is 4.31 Å². The molecule has 1 saturated heterocycles. The minimum Gasteiger partial charge on any atom is -0.478 e. The molecule has 6 nitrogen and oxygen atoms in total. The first-order valence-electron chi connectivity index (χ1n) is 6.99. The molecule has 0 aliphatic carbocycles. The number of carbonyl (C=O) groups is 1.